The third-order valence-corrected chi connectivity index (χ3v) is 4.36. The summed E-state index contributed by atoms with van der Waals surface area (Å²) in [6.07, 6.45) is 0.738. The van der Waals surface area contributed by atoms with Gasteiger partial charge in [-0.2, -0.15) is 0 Å². The number of hydrogen-bond acceptors (Lipinski definition) is 5. The van der Waals surface area contributed by atoms with Crippen molar-refractivity contribution in [3.05, 3.63) is 23.3 Å². The first kappa shape index (κ1) is 19.1. The Morgan fingerprint density at radius 2 is 1.92 bits per heavy atom. The van der Waals surface area contributed by atoms with Crippen molar-refractivity contribution in [1.29, 1.82) is 0 Å². The normalized spacial score (nSPS) is 16.3. The fourth-order valence-corrected chi connectivity index (χ4v) is 3.16. The van der Waals surface area contributed by atoms with Gasteiger partial charge in [-0.15, -0.1) is 0 Å². The highest BCUT2D eigenvalue weighted by molar-refractivity contribution is 5.79. The summed E-state index contributed by atoms with van der Waals surface area (Å²) in [4.78, 5) is 25.6. The highest BCUT2D eigenvalue weighted by Gasteiger charge is 2.33. The molecule has 1 heterocycles. The maximum Gasteiger partial charge on any atom is 0.305 e. The van der Waals surface area contributed by atoms with Crippen molar-refractivity contribution >= 4 is 11.9 Å². The van der Waals surface area contributed by atoms with Gasteiger partial charge < -0.3 is 24.2 Å². The van der Waals surface area contributed by atoms with Gasteiger partial charge in [0.15, 0.2) is 11.5 Å². The summed E-state index contributed by atoms with van der Waals surface area (Å²) in [5.74, 6) is 0.0853. The molecule has 0 bridgehead atoms. The molecule has 1 atom stereocenters. The molecule has 1 unspecified atom stereocenters. The molecule has 7 heteroatoms. The molecular weight excluding hydrogens is 326 g/mol. The predicted molar refractivity (Wildman–Crippen MR) is 91.1 cm³/mol. The summed E-state index contributed by atoms with van der Waals surface area (Å²) in [6, 6.07) is 3.13. The van der Waals surface area contributed by atoms with Crippen LogP contribution in [0.1, 0.15) is 36.9 Å². The Bertz CT molecular complexity index is 630. The Morgan fingerprint density at radius 3 is 2.52 bits per heavy atom. The number of carboxylic acids is 1. The molecule has 0 aliphatic carbocycles. The van der Waals surface area contributed by atoms with E-state index in [0.717, 1.165) is 11.1 Å². The zero-order valence-electron chi connectivity index (χ0n) is 14.9. The second-order valence-corrected chi connectivity index (χ2v) is 5.80. The average Bonchev–Trinajstić information content (AvgIpc) is 2.60. The van der Waals surface area contributed by atoms with Crippen LogP contribution in [0.25, 0.3) is 0 Å². The van der Waals surface area contributed by atoms with Crippen LogP contribution in [0.4, 0.5) is 0 Å². The molecule has 1 aliphatic rings. The van der Waals surface area contributed by atoms with Gasteiger partial charge >= 0.3 is 5.97 Å². The zero-order valence-corrected chi connectivity index (χ0v) is 14.9. The van der Waals surface area contributed by atoms with Crippen LogP contribution in [0.3, 0.4) is 0 Å². The molecule has 0 fully saturated rings. The Labute approximate surface area is 147 Å². The van der Waals surface area contributed by atoms with E-state index in [1.165, 1.54) is 7.11 Å². The Kier molecular flexibility index (Phi) is 6.64. The number of nitrogens with zero attached hydrogens (tertiary/aromatic N) is 1. The van der Waals surface area contributed by atoms with Crippen molar-refractivity contribution in [3.63, 3.8) is 0 Å². The lowest BCUT2D eigenvalue weighted by molar-refractivity contribution is -0.141. The molecule has 1 aromatic rings. The molecule has 0 aromatic heterocycles. The average molecular weight is 351 g/mol. The van der Waals surface area contributed by atoms with Gasteiger partial charge in [0.1, 0.15) is 0 Å². The predicted octanol–water partition coefficient (Wildman–Crippen LogP) is 2.03. The van der Waals surface area contributed by atoms with Crippen molar-refractivity contribution in [2.45, 2.75) is 32.2 Å². The number of carboxylic acid groups (broad SMARTS) is 1. The van der Waals surface area contributed by atoms with E-state index >= 15 is 0 Å². The molecule has 1 amide bonds. The molecule has 1 aromatic carbocycles. The molecule has 0 saturated carbocycles. The smallest absolute Gasteiger partial charge is 0.305 e. The van der Waals surface area contributed by atoms with Crippen molar-refractivity contribution in [1.82, 2.24) is 4.90 Å². The molecular formula is C18H25NO6. The quantitative estimate of drug-likeness (QED) is 0.722. The van der Waals surface area contributed by atoms with Gasteiger partial charge in [0.2, 0.25) is 5.91 Å². The van der Waals surface area contributed by atoms with E-state index in [2.05, 4.69) is 0 Å². The maximum atomic E-state index is 12.5. The van der Waals surface area contributed by atoms with Gasteiger partial charge in [-0.05, 0) is 36.6 Å². The lowest BCUT2D eigenvalue weighted by Gasteiger charge is -2.37. The molecule has 2 rings (SSSR count). The summed E-state index contributed by atoms with van der Waals surface area (Å²) < 4.78 is 15.9. The molecule has 138 valence electrons. The van der Waals surface area contributed by atoms with Gasteiger partial charge in [-0.1, -0.05) is 0 Å². The number of carbonyl (C=O) groups excluding carboxylic acids is 1. The van der Waals surface area contributed by atoms with Crippen molar-refractivity contribution < 1.29 is 28.9 Å². The monoisotopic (exact) mass is 351 g/mol. The van der Waals surface area contributed by atoms with Crippen LogP contribution >= 0.6 is 0 Å². The first-order valence-electron chi connectivity index (χ1n) is 8.35. The first-order chi connectivity index (χ1) is 12.0. The summed E-state index contributed by atoms with van der Waals surface area (Å²) in [5.41, 5.74) is 1.79. The molecule has 7 nitrogen and oxygen atoms in total. The third-order valence-electron chi connectivity index (χ3n) is 4.36. The summed E-state index contributed by atoms with van der Waals surface area (Å²) in [7, 11) is 3.09. The van der Waals surface area contributed by atoms with Gasteiger partial charge in [0, 0.05) is 13.2 Å². The van der Waals surface area contributed by atoms with Crippen LogP contribution in [0.5, 0.6) is 11.5 Å². The van der Waals surface area contributed by atoms with Crippen LogP contribution < -0.4 is 9.47 Å². The minimum atomic E-state index is -0.949. The number of rotatable bonds is 8. The molecule has 0 radical (unpaired) electrons. The zero-order chi connectivity index (χ0) is 18.4. The lowest BCUT2D eigenvalue weighted by atomic mass is 9.89. The summed E-state index contributed by atoms with van der Waals surface area (Å²) >= 11 is 0. The van der Waals surface area contributed by atoms with E-state index in [-0.39, 0.29) is 18.7 Å². The minimum absolute atomic E-state index is 0.0971. The van der Waals surface area contributed by atoms with Gasteiger partial charge in [0.25, 0.3) is 0 Å². The van der Waals surface area contributed by atoms with E-state index in [9.17, 15) is 14.7 Å². The van der Waals surface area contributed by atoms with Crippen LogP contribution in [0.15, 0.2) is 12.1 Å². The van der Waals surface area contributed by atoms with E-state index in [4.69, 9.17) is 14.2 Å². The number of benzene rings is 1. The Morgan fingerprint density at radius 1 is 1.24 bits per heavy atom. The highest BCUT2D eigenvalue weighted by atomic mass is 16.5. The number of hydrogen-bond donors (Lipinski definition) is 1. The van der Waals surface area contributed by atoms with E-state index in [1.807, 2.05) is 13.0 Å². The summed E-state index contributed by atoms with van der Waals surface area (Å²) in [6.45, 7) is 3.23. The number of ether oxygens (including phenoxy) is 3. The molecule has 1 N–H and O–H groups in total. The minimum Gasteiger partial charge on any atom is -0.493 e. The van der Waals surface area contributed by atoms with E-state index < -0.39 is 12.0 Å². The van der Waals surface area contributed by atoms with Gasteiger partial charge in [0.05, 0.1) is 39.7 Å². The fraction of sp³-hybridized carbons (Fsp3) is 0.556. The number of methoxy groups -OCH3 is 2. The van der Waals surface area contributed by atoms with Crippen molar-refractivity contribution in [3.8, 4) is 11.5 Å². The van der Waals surface area contributed by atoms with Crippen LogP contribution in [0, 0.1) is 0 Å². The Hall–Kier alpha value is -2.28. The largest absolute Gasteiger partial charge is 0.493 e. The van der Waals surface area contributed by atoms with E-state index in [1.54, 1.807) is 18.1 Å². The highest BCUT2D eigenvalue weighted by Crippen LogP contribution is 2.39. The van der Waals surface area contributed by atoms with Crippen molar-refractivity contribution in [2.24, 2.45) is 0 Å². The number of amides is 1. The fourth-order valence-electron chi connectivity index (χ4n) is 3.16. The maximum absolute atomic E-state index is 12.5. The lowest BCUT2D eigenvalue weighted by Crippen LogP contribution is -2.41. The second-order valence-electron chi connectivity index (χ2n) is 5.80. The molecule has 0 spiro atoms. The number of aliphatic carboxylic acids is 1. The van der Waals surface area contributed by atoms with Gasteiger partial charge in [-0.3, -0.25) is 9.59 Å². The molecule has 25 heavy (non-hydrogen) atoms. The topological polar surface area (TPSA) is 85.3 Å². The second kappa shape index (κ2) is 8.71. The molecule has 0 saturated heterocycles. The molecule has 1 aliphatic heterocycles. The number of carbonyl (C=O) groups is 2. The van der Waals surface area contributed by atoms with Gasteiger partial charge in [-0.25, -0.2) is 0 Å². The van der Waals surface area contributed by atoms with Crippen molar-refractivity contribution in [2.75, 3.05) is 34.0 Å². The van der Waals surface area contributed by atoms with Crippen LogP contribution in [-0.4, -0.2) is 55.9 Å². The van der Waals surface area contributed by atoms with Crippen LogP contribution in [0.2, 0.25) is 0 Å². The first-order valence-corrected chi connectivity index (χ1v) is 8.35. The SMILES string of the molecule is CCOCCC(=O)N1CCc2cc(OC)c(OC)cc2C1CC(=O)O. The number of fused-ring (bicyclic) bond motifs is 1. The van der Waals surface area contributed by atoms with Crippen LogP contribution in [-0.2, 0) is 20.7 Å². The van der Waals surface area contributed by atoms with E-state index in [0.29, 0.717) is 37.7 Å². The standard InChI is InChI=1S/C18H25NO6/c1-4-25-8-6-17(20)19-7-5-12-9-15(23-2)16(24-3)10-13(12)14(19)11-18(21)22/h9-10,14H,4-8,11H2,1-3H3,(H,21,22). The summed E-state index contributed by atoms with van der Waals surface area (Å²) in [5, 5.41) is 9.31. The third kappa shape index (κ3) is 4.42. The Balaban J connectivity index is 2.33.